The van der Waals surface area contributed by atoms with Gasteiger partial charge in [0.15, 0.2) is 0 Å². The molecule has 0 spiro atoms. The van der Waals surface area contributed by atoms with E-state index in [9.17, 15) is 0 Å². The molecule has 0 saturated heterocycles. The monoisotopic (exact) mass is 146 g/mol. The lowest BCUT2D eigenvalue weighted by Crippen LogP contribution is -1.97. The van der Waals surface area contributed by atoms with E-state index in [-0.39, 0.29) is 8.83 Å². The summed E-state index contributed by atoms with van der Waals surface area (Å²) in [5.41, 5.74) is 0.811. The van der Waals surface area contributed by atoms with Crippen LogP contribution in [0.25, 0.3) is 0 Å². The van der Waals surface area contributed by atoms with Crippen LogP contribution in [-0.2, 0) is 0 Å². The summed E-state index contributed by atoms with van der Waals surface area (Å²) in [5, 5.41) is 0. The van der Waals surface area contributed by atoms with Gasteiger partial charge >= 0.3 is 0 Å². The largest absolute Gasteiger partial charge is 0.176 e. The first-order valence-electron chi connectivity index (χ1n) is 3.16. The van der Waals surface area contributed by atoms with E-state index in [1.165, 1.54) is 19.3 Å². The van der Waals surface area contributed by atoms with Gasteiger partial charge in [0.25, 0.3) is 0 Å². The van der Waals surface area contributed by atoms with E-state index in [2.05, 4.69) is 12.2 Å². The van der Waals surface area contributed by atoms with Gasteiger partial charge in [0.05, 0.1) is 0 Å². The summed E-state index contributed by atoms with van der Waals surface area (Å²) < 4.78 is 0. The van der Waals surface area contributed by atoms with Gasteiger partial charge in [-0.3, -0.25) is 0 Å². The van der Waals surface area contributed by atoms with E-state index < -0.39 is 0 Å². The second kappa shape index (κ2) is 3.31. The predicted octanol–water partition coefficient (Wildman–Crippen LogP) is 1.84. The van der Waals surface area contributed by atoms with Crippen LogP contribution in [0.3, 0.4) is 0 Å². The normalized spacial score (nSPS) is 29.9. The summed E-state index contributed by atoms with van der Waals surface area (Å²) in [7, 11) is -0.246. The molecule has 46 valence electrons. The van der Waals surface area contributed by atoms with Gasteiger partial charge in [-0.1, -0.05) is 12.2 Å². The van der Waals surface area contributed by atoms with Crippen molar-refractivity contribution in [2.45, 2.75) is 24.8 Å². The van der Waals surface area contributed by atoms with Crippen molar-refractivity contribution in [3.63, 3.8) is 0 Å². The average Bonchev–Trinajstić information content (AvgIpc) is 1.90. The molecular formula is C6H11ClSi. The Morgan fingerprint density at radius 2 is 2.50 bits per heavy atom. The second-order valence-corrected chi connectivity index (χ2v) is 4.56. The van der Waals surface area contributed by atoms with Crippen molar-refractivity contribution in [1.82, 2.24) is 0 Å². The highest BCUT2D eigenvalue weighted by molar-refractivity contribution is 6.94. The van der Waals surface area contributed by atoms with Crippen LogP contribution < -0.4 is 0 Å². The van der Waals surface area contributed by atoms with Gasteiger partial charge in [-0.05, 0) is 24.8 Å². The van der Waals surface area contributed by atoms with E-state index in [4.69, 9.17) is 11.1 Å². The smallest absolute Gasteiger partial charge is 0.132 e. The first-order valence-corrected chi connectivity index (χ1v) is 6.11. The molecule has 8 heavy (non-hydrogen) atoms. The van der Waals surface area contributed by atoms with Gasteiger partial charge in [0, 0.05) is 0 Å². The van der Waals surface area contributed by atoms with Crippen molar-refractivity contribution >= 4 is 19.9 Å². The molecule has 0 bridgehead atoms. The maximum absolute atomic E-state index is 5.77. The summed E-state index contributed by atoms with van der Waals surface area (Å²) in [6.45, 7) is 0. The Morgan fingerprint density at radius 3 is 2.88 bits per heavy atom. The Labute approximate surface area is 57.5 Å². The molecule has 0 fully saturated rings. The molecule has 0 amide bonds. The Bertz CT molecular complexity index is 90.5. The highest BCUT2D eigenvalue weighted by Crippen LogP contribution is 2.21. The number of hydrogen-bond acceptors (Lipinski definition) is 0. The molecule has 0 heterocycles. The first kappa shape index (κ1) is 6.37. The minimum Gasteiger partial charge on any atom is -0.176 e. The maximum atomic E-state index is 5.77. The lowest BCUT2D eigenvalue weighted by Gasteiger charge is -2.10. The molecule has 0 aromatic heterocycles. The number of rotatable bonds is 1. The summed E-state index contributed by atoms with van der Waals surface area (Å²) in [6.07, 6.45) is 8.56. The Hall–Kier alpha value is 0.247. The summed E-state index contributed by atoms with van der Waals surface area (Å²) in [5.74, 6) is 0. The molecule has 0 saturated carbocycles. The van der Waals surface area contributed by atoms with E-state index in [0.29, 0.717) is 0 Å². The summed E-state index contributed by atoms with van der Waals surface area (Å²) >= 11 is 5.77. The molecule has 1 unspecified atom stereocenters. The van der Waals surface area contributed by atoms with Crippen LogP contribution in [0.2, 0.25) is 5.54 Å². The van der Waals surface area contributed by atoms with Gasteiger partial charge < -0.3 is 0 Å². The van der Waals surface area contributed by atoms with Crippen molar-refractivity contribution < 1.29 is 0 Å². The van der Waals surface area contributed by atoms with Gasteiger partial charge in [0.1, 0.15) is 8.83 Å². The molecule has 0 aromatic rings. The molecule has 0 aromatic carbocycles. The number of allylic oxidation sites excluding steroid dienone is 2. The van der Waals surface area contributed by atoms with Crippen molar-refractivity contribution in [2.24, 2.45) is 0 Å². The lowest BCUT2D eigenvalue weighted by molar-refractivity contribution is 0.727. The third kappa shape index (κ3) is 1.64. The van der Waals surface area contributed by atoms with E-state index in [1.807, 2.05) is 0 Å². The Morgan fingerprint density at radius 1 is 1.62 bits per heavy atom. The molecule has 0 N–H and O–H groups in total. The highest BCUT2D eigenvalue weighted by atomic mass is 35.6. The van der Waals surface area contributed by atoms with Gasteiger partial charge in [-0.15, -0.1) is 0 Å². The second-order valence-electron chi connectivity index (χ2n) is 2.27. The van der Waals surface area contributed by atoms with Gasteiger partial charge in [0.2, 0.25) is 0 Å². The van der Waals surface area contributed by atoms with E-state index in [1.54, 1.807) is 0 Å². The van der Waals surface area contributed by atoms with Crippen molar-refractivity contribution in [1.29, 1.82) is 0 Å². The zero-order valence-electron chi connectivity index (χ0n) is 4.94. The highest BCUT2D eigenvalue weighted by Gasteiger charge is 2.05. The van der Waals surface area contributed by atoms with Crippen molar-refractivity contribution in [2.75, 3.05) is 0 Å². The third-order valence-electron chi connectivity index (χ3n) is 1.55. The lowest BCUT2D eigenvalue weighted by atomic mass is 10.1. The third-order valence-corrected chi connectivity index (χ3v) is 3.82. The SMILES string of the molecule is Cl[SiH2]C1C=CCCC1. The molecule has 1 aliphatic carbocycles. The molecule has 2 heteroatoms. The Balaban J connectivity index is 2.32. The van der Waals surface area contributed by atoms with Crippen molar-refractivity contribution in [3.8, 4) is 0 Å². The first-order chi connectivity index (χ1) is 3.93. The minimum atomic E-state index is -0.246. The topological polar surface area (TPSA) is 0 Å². The van der Waals surface area contributed by atoms with Crippen molar-refractivity contribution in [3.05, 3.63) is 12.2 Å². The molecule has 0 aliphatic heterocycles. The van der Waals surface area contributed by atoms with Crippen LogP contribution in [-0.4, -0.2) is 8.83 Å². The minimum absolute atomic E-state index is 0.246. The number of halogens is 1. The van der Waals surface area contributed by atoms with Crippen LogP contribution in [0.4, 0.5) is 0 Å². The maximum Gasteiger partial charge on any atom is 0.132 e. The fourth-order valence-corrected chi connectivity index (χ4v) is 2.52. The van der Waals surface area contributed by atoms with Crippen LogP contribution in [0.5, 0.6) is 0 Å². The molecule has 1 rings (SSSR count). The molecule has 0 nitrogen and oxygen atoms in total. The summed E-state index contributed by atoms with van der Waals surface area (Å²) in [4.78, 5) is 0. The number of hydrogen-bond donors (Lipinski definition) is 0. The van der Waals surface area contributed by atoms with E-state index in [0.717, 1.165) is 5.54 Å². The molecular weight excluding hydrogens is 136 g/mol. The summed E-state index contributed by atoms with van der Waals surface area (Å²) in [6, 6.07) is 0. The fourth-order valence-electron chi connectivity index (χ4n) is 1.01. The molecule has 0 radical (unpaired) electrons. The zero-order chi connectivity index (χ0) is 5.82. The van der Waals surface area contributed by atoms with Crippen LogP contribution >= 0.6 is 11.1 Å². The fraction of sp³-hybridized carbons (Fsp3) is 0.667. The van der Waals surface area contributed by atoms with Crippen LogP contribution in [0, 0.1) is 0 Å². The predicted molar refractivity (Wildman–Crippen MR) is 41.1 cm³/mol. The standard InChI is InChI=1S/C6H11ClSi/c7-8-6-4-2-1-3-5-6/h2,4,6H,1,3,5,8H2. The van der Waals surface area contributed by atoms with Gasteiger partial charge in [-0.25, -0.2) is 0 Å². The zero-order valence-corrected chi connectivity index (χ0v) is 7.11. The van der Waals surface area contributed by atoms with E-state index >= 15 is 0 Å². The average molecular weight is 147 g/mol. The quantitative estimate of drug-likeness (QED) is 0.301. The van der Waals surface area contributed by atoms with Crippen LogP contribution in [0.1, 0.15) is 19.3 Å². The molecule has 1 atom stereocenters. The van der Waals surface area contributed by atoms with Gasteiger partial charge in [-0.2, -0.15) is 11.1 Å². The molecule has 1 aliphatic rings. The van der Waals surface area contributed by atoms with Crippen LogP contribution in [0.15, 0.2) is 12.2 Å². The Kier molecular flexibility index (Phi) is 2.63.